The minimum atomic E-state index is 0.485. The van der Waals surface area contributed by atoms with Gasteiger partial charge in [0.1, 0.15) is 11.0 Å². The molecule has 0 N–H and O–H groups in total. The molecule has 1 saturated carbocycles. The van der Waals surface area contributed by atoms with Gasteiger partial charge >= 0.3 is 0 Å². The molecular weight excluding hydrogens is 282 g/mol. The predicted molar refractivity (Wildman–Crippen MR) is 84.5 cm³/mol. The molecule has 0 aliphatic heterocycles. The first kappa shape index (κ1) is 12.7. The Bertz CT molecular complexity index is 835. The summed E-state index contributed by atoms with van der Waals surface area (Å²) in [7, 11) is 0. The molecular formula is C17H14ClN3. The number of rotatable bonds is 2. The standard InChI is InChI=1S/C17H14ClN3/c1-10-15(20-17(11-5-6-11)21-16(10)18)14-4-2-3-12-9-19-8-7-13(12)14/h2-4,7-9,11H,5-6H2,1H3. The lowest BCUT2D eigenvalue weighted by molar-refractivity contribution is 0.922. The SMILES string of the molecule is Cc1c(Cl)nc(C2CC2)nc1-c1cccc2cnccc12. The molecule has 3 nitrogen and oxygen atoms in total. The fraction of sp³-hybridized carbons (Fsp3) is 0.235. The van der Waals surface area contributed by atoms with E-state index >= 15 is 0 Å². The first-order valence-electron chi connectivity index (χ1n) is 7.11. The van der Waals surface area contributed by atoms with Gasteiger partial charge in [-0.1, -0.05) is 29.8 Å². The molecule has 21 heavy (non-hydrogen) atoms. The average molecular weight is 296 g/mol. The zero-order valence-corrected chi connectivity index (χ0v) is 12.4. The van der Waals surface area contributed by atoms with Gasteiger partial charge in [-0.2, -0.15) is 0 Å². The Morgan fingerprint density at radius 1 is 1.14 bits per heavy atom. The van der Waals surface area contributed by atoms with Gasteiger partial charge in [0, 0.05) is 34.8 Å². The van der Waals surface area contributed by atoms with E-state index in [1.54, 1.807) is 0 Å². The maximum atomic E-state index is 6.33. The van der Waals surface area contributed by atoms with Crippen LogP contribution in [0.15, 0.2) is 36.7 Å². The lowest BCUT2D eigenvalue weighted by Gasteiger charge is -2.11. The van der Waals surface area contributed by atoms with Gasteiger partial charge in [0.2, 0.25) is 0 Å². The van der Waals surface area contributed by atoms with Crippen molar-refractivity contribution < 1.29 is 0 Å². The van der Waals surface area contributed by atoms with E-state index in [-0.39, 0.29) is 0 Å². The Kier molecular flexibility index (Phi) is 2.89. The van der Waals surface area contributed by atoms with Crippen LogP contribution in [0.4, 0.5) is 0 Å². The van der Waals surface area contributed by atoms with Gasteiger partial charge < -0.3 is 0 Å². The fourth-order valence-electron chi connectivity index (χ4n) is 2.62. The van der Waals surface area contributed by atoms with Crippen LogP contribution in [0.25, 0.3) is 22.0 Å². The minimum Gasteiger partial charge on any atom is -0.264 e. The van der Waals surface area contributed by atoms with E-state index in [1.807, 2.05) is 31.5 Å². The second kappa shape index (κ2) is 4.78. The Morgan fingerprint density at radius 3 is 2.81 bits per heavy atom. The van der Waals surface area contributed by atoms with E-state index in [2.05, 4.69) is 22.1 Å². The van der Waals surface area contributed by atoms with Gasteiger partial charge in [-0.25, -0.2) is 9.97 Å². The highest BCUT2D eigenvalue weighted by atomic mass is 35.5. The third kappa shape index (κ3) is 2.18. The molecule has 2 aromatic heterocycles. The molecule has 0 amide bonds. The minimum absolute atomic E-state index is 0.485. The van der Waals surface area contributed by atoms with Gasteiger partial charge in [-0.05, 0) is 31.2 Å². The van der Waals surface area contributed by atoms with Gasteiger partial charge in [-0.15, -0.1) is 0 Å². The van der Waals surface area contributed by atoms with Crippen molar-refractivity contribution in [1.29, 1.82) is 0 Å². The van der Waals surface area contributed by atoms with Gasteiger partial charge in [0.15, 0.2) is 0 Å². The smallest absolute Gasteiger partial charge is 0.136 e. The molecule has 4 rings (SSSR count). The highest BCUT2D eigenvalue weighted by molar-refractivity contribution is 6.30. The third-order valence-electron chi connectivity index (χ3n) is 3.98. The summed E-state index contributed by atoms with van der Waals surface area (Å²) in [5, 5.41) is 2.82. The molecule has 0 saturated heterocycles. The number of benzene rings is 1. The van der Waals surface area contributed by atoms with E-state index in [0.717, 1.165) is 46.3 Å². The molecule has 2 heterocycles. The number of aromatic nitrogens is 3. The van der Waals surface area contributed by atoms with Crippen LogP contribution in [0, 0.1) is 6.92 Å². The first-order chi connectivity index (χ1) is 10.2. The lowest BCUT2D eigenvalue weighted by atomic mass is 10.0. The molecule has 1 fully saturated rings. The molecule has 104 valence electrons. The van der Waals surface area contributed by atoms with Crippen molar-refractivity contribution in [3.63, 3.8) is 0 Å². The van der Waals surface area contributed by atoms with Gasteiger partial charge in [-0.3, -0.25) is 4.98 Å². The molecule has 0 atom stereocenters. The van der Waals surface area contributed by atoms with Crippen molar-refractivity contribution in [2.45, 2.75) is 25.7 Å². The Balaban J connectivity index is 2.00. The predicted octanol–water partition coefficient (Wildman–Crippen LogP) is 4.53. The van der Waals surface area contributed by atoms with Crippen LogP contribution in [-0.4, -0.2) is 15.0 Å². The summed E-state index contributed by atoms with van der Waals surface area (Å²) < 4.78 is 0. The fourth-order valence-corrected chi connectivity index (χ4v) is 2.80. The van der Waals surface area contributed by atoms with Crippen LogP contribution >= 0.6 is 11.6 Å². The maximum absolute atomic E-state index is 6.33. The normalized spacial score (nSPS) is 14.6. The number of halogens is 1. The largest absolute Gasteiger partial charge is 0.264 e. The Labute approximate surface area is 128 Å². The summed E-state index contributed by atoms with van der Waals surface area (Å²) in [6.45, 7) is 1.98. The zero-order valence-electron chi connectivity index (χ0n) is 11.7. The van der Waals surface area contributed by atoms with Crippen LogP contribution in [0.2, 0.25) is 5.15 Å². The second-order valence-corrected chi connectivity index (χ2v) is 5.88. The molecule has 1 aromatic carbocycles. The van der Waals surface area contributed by atoms with Crippen molar-refractivity contribution in [1.82, 2.24) is 15.0 Å². The number of hydrogen-bond acceptors (Lipinski definition) is 3. The number of fused-ring (bicyclic) bond motifs is 1. The molecule has 3 aromatic rings. The van der Waals surface area contributed by atoms with Crippen molar-refractivity contribution in [3.05, 3.63) is 53.2 Å². The molecule has 1 aliphatic rings. The lowest BCUT2D eigenvalue weighted by Crippen LogP contribution is -2.00. The van der Waals surface area contributed by atoms with Crippen molar-refractivity contribution in [2.75, 3.05) is 0 Å². The van der Waals surface area contributed by atoms with Crippen LogP contribution in [-0.2, 0) is 0 Å². The molecule has 4 heteroatoms. The quantitative estimate of drug-likeness (QED) is 0.652. The Morgan fingerprint density at radius 2 is 2.00 bits per heavy atom. The monoisotopic (exact) mass is 295 g/mol. The first-order valence-corrected chi connectivity index (χ1v) is 7.49. The molecule has 0 bridgehead atoms. The van der Waals surface area contributed by atoms with E-state index in [9.17, 15) is 0 Å². The summed E-state index contributed by atoms with van der Waals surface area (Å²) in [5.74, 6) is 1.37. The molecule has 0 spiro atoms. The van der Waals surface area contributed by atoms with Crippen LogP contribution in [0.3, 0.4) is 0 Å². The molecule has 0 unspecified atom stereocenters. The van der Waals surface area contributed by atoms with Gasteiger partial charge in [0.25, 0.3) is 0 Å². The van der Waals surface area contributed by atoms with Crippen molar-refractivity contribution >= 4 is 22.4 Å². The van der Waals surface area contributed by atoms with Gasteiger partial charge in [0.05, 0.1) is 5.69 Å². The summed E-state index contributed by atoms with van der Waals surface area (Å²) in [4.78, 5) is 13.4. The van der Waals surface area contributed by atoms with E-state index in [1.165, 1.54) is 0 Å². The van der Waals surface area contributed by atoms with Crippen LogP contribution in [0.5, 0.6) is 0 Å². The third-order valence-corrected chi connectivity index (χ3v) is 4.35. The average Bonchev–Trinajstić information content (AvgIpc) is 3.34. The highest BCUT2D eigenvalue weighted by Crippen LogP contribution is 2.40. The van der Waals surface area contributed by atoms with Crippen LogP contribution < -0.4 is 0 Å². The van der Waals surface area contributed by atoms with Crippen LogP contribution in [0.1, 0.15) is 30.1 Å². The second-order valence-electron chi connectivity index (χ2n) is 5.52. The van der Waals surface area contributed by atoms with Crippen molar-refractivity contribution in [2.24, 2.45) is 0 Å². The van der Waals surface area contributed by atoms with E-state index < -0.39 is 0 Å². The number of pyridine rings is 1. The van der Waals surface area contributed by atoms with Crippen molar-refractivity contribution in [3.8, 4) is 11.3 Å². The summed E-state index contributed by atoms with van der Waals surface area (Å²) >= 11 is 6.33. The molecule has 1 aliphatic carbocycles. The summed E-state index contributed by atoms with van der Waals surface area (Å²) in [5.41, 5.74) is 2.97. The Hall–Kier alpha value is -2.00. The topological polar surface area (TPSA) is 38.7 Å². The zero-order chi connectivity index (χ0) is 14.4. The number of nitrogens with zero attached hydrogens (tertiary/aromatic N) is 3. The van der Waals surface area contributed by atoms with E-state index in [0.29, 0.717) is 11.1 Å². The highest BCUT2D eigenvalue weighted by Gasteiger charge is 2.28. The van der Waals surface area contributed by atoms with E-state index in [4.69, 9.17) is 16.6 Å². The molecule has 0 radical (unpaired) electrons. The summed E-state index contributed by atoms with van der Waals surface area (Å²) in [6.07, 6.45) is 6.01. The number of hydrogen-bond donors (Lipinski definition) is 0. The summed E-state index contributed by atoms with van der Waals surface area (Å²) in [6, 6.07) is 8.21. The maximum Gasteiger partial charge on any atom is 0.136 e.